The van der Waals surface area contributed by atoms with Gasteiger partial charge in [0.05, 0.1) is 20.8 Å². The molecule has 1 aliphatic heterocycles. The summed E-state index contributed by atoms with van der Waals surface area (Å²) in [5, 5.41) is 0. The van der Waals surface area contributed by atoms with Crippen molar-refractivity contribution in [2.24, 2.45) is 0 Å². The fourth-order valence-corrected chi connectivity index (χ4v) is 2.23. The molecule has 0 aliphatic carbocycles. The molecular weight excluding hydrogens is 288 g/mol. The van der Waals surface area contributed by atoms with Crippen molar-refractivity contribution in [2.45, 2.75) is 12.6 Å². The van der Waals surface area contributed by atoms with Gasteiger partial charge in [0.25, 0.3) is 11.6 Å². The summed E-state index contributed by atoms with van der Waals surface area (Å²) in [7, 11) is 3.15. The summed E-state index contributed by atoms with van der Waals surface area (Å²) in [5.74, 6) is 1.89. The van der Waals surface area contributed by atoms with E-state index in [2.05, 4.69) is 4.98 Å². The molecular formula is C15H16N2O5. The van der Waals surface area contributed by atoms with Crippen LogP contribution >= 0.6 is 0 Å². The molecule has 7 heteroatoms. The van der Waals surface area contributed by atoms with Crippen LogP contribution in [0.5, 0.6) is 23.3 Å². The number of methoxy groups -OCH3 is 2. The van der Waals surface area contributed by atoms with E-state index < -0.39 is 0 Å². The van der Waals surface area contributed by atoms with Gasteiger partial charge in [-0.2, -0.15) is 4.98 Å². The van der Waals surface area contributed by atoms with E-state index in [1.54, 1.807) is 43.2 Å². The summed E-state index contributed by atoms with van der Waals surface area (Å²) in [6, 6.07) is 7.06. The molecule has 3 rings (SSSR count). The third-order valence-electron chi connectivity index (χ3n) is 3.31. The van der Waals surface area contributed by atoms with Crippen LogP contribution in [0.2, 0.25) is 0 Å². The largest absolute Gasteiger partial charge is 0.493 e. The molecule has 0 N–H and O–H groups in total. The molecule has 0 fully saturated rings. The molecule has 0 saturated heterocycles. The number of hydrogen-bond donors (Lipinski definition) is 0. The van der Waals surface area contributed by atoms with Crippen LogP contribution in [-0.2, 0) is 6.54 Å². The zero-order valence-corrected chi connectivity index (χ0v) is 12.3. The molecule has 116 valence electrons. The first-order valence-electron chi connectivity index (χ1n) is 6.78. The number of aromatic nitrogens is 2. The van der Waals surface area contributed by atoms with Crippen LogP contribution in [0.15, 0.2) is 35.3 Å². The second-order valence-corrected chi connectivity index (χ2v) is 4.77. The van der Waals surface area contributed by atoms with Gasteiger partial charge >= 0.3 is 0 Å². The SMILES string of the molecule is COc1ccc(OCC2Cn3ccc(=O)nc3O2)cc1OC. The topological polar surface area (TPSA) is 71.8 Å². The van der Waals surface area contributed by atoms with E-state index in [1.807, 2.05) is 0 Å². The quantitative estimate of drug-likeness (QED) is 0.824. The lowest BCUT2D eigenvalue weighted by atomic mass is 10.3. The first-order chi connectivity index (χ1) is 10.7. The zero-order valence-electron chi connectivity index (χ0n) is 12.3. The summed E-state index contributed by atoms with van der Waals surface area (Å²) in [4.78, 5) is 15.0. The van der Waals surface area contributed by atoms with Crippen LogP contribution in [0, 0.1) is 0 Å². The summed E-state index contributed by atoms with van der Waals surface area (Å²) >= 11 is 0. The lowest BCUT2D eigenvalue weighted by Gasteiger charge is -2.13. The van der Waals surface area contributed by atoms with Crippen molar-refractivity contribution in [3.63, 3.8) is 0 Å². The Hall–Kier alpha value is -2.70. The average molecular weight is 304 g/mol. The van der Waals surface area contributed by atoms with Crippen molar-refractivity contribution in [2.75, 3.05) is 20.8 Å². The van der Waals surface area contributed by atoms with Crippen LogP contribution in [0.3, 0.4) is 0 Å². The summed E-state index contributed by atoms with van der Waals surface area (Å²) in [6.07, 6.45) is 1.48. The van der Waals surface area contributed by atoms with E-state index >= 15 is 0 Å². The van der Waals surface area contributed by atoms with Gasteiger partial charge in [0.15, 0.2) is 17.6 Å². The van der Waals surface area contributed by atoms with Crippen molar-refractivity contribution < 1.29 is 18.9 Å². The van der Waals surface area contributed by atoms with E-state index in [-0.39, 0.29) is 11.7 Å². The maximum atomic E-state index is 11.2. The third kappa shape index (κ3) is 2.83. The molecule has 0 amide bonds. The molecule has 0 saturated carbocycles. The molecule has 2 heterocycles. The Morgan fingerprint density at radius 1 is 1.27 bits per heavy atom. The zero-order chi connectivity index (χ0) is 15.5. The number of hydrogen-bond acceptors (Lipinski definition) is 6. The fraction of sp³-hybridized carbons (Fsp3) is 0.333. The van der Waals surface area contributed by atoms with Crippen molar-refractivity contribution in [1.29, 1.82) is 0 Å². The number of ether oxygens (including phenoxy) is 4. The predicted molar refractivity (Wildman–Crippen MR) is 78.0 cm³/mol. The van der Waals surface area contributed by atoms with Crippen LogP contribution in [0.4, 0.5) is 0 Å². The summed E-state index contributed by atoms with van der Waals surface area (Å²) < 4.78 is 23.5. The highest BCUT2D eigenvalue weighted by molar-refractivity contribution is 5.45. The Kier molecular flexibility index (Phi) is 3.86. The minimum absolute atomic E-state index is 0.192. The van der Waals surface area contributed by atoms with E-state index in [0.717, 1.165) is 0 Å². The highest BCUT2D eigenvalue weighted by Gasteiger charge is 2.23. The number of rotatable bonds is 5. The van der Waals surface area contributed by atoms with E-state index in [9.17, 15) is 4.79 Å². The number of nitrogens with zero attached hydrogens (tertiary/aromatic N) is 2. The Balaban J connectivity index is 1.63. The Morgan fingerprint density at radius 3 is 2.86 bits per heavy atom. The van der Waals surface area contributed by atoms with Gasteiger partial charge < -0.3 is 18.9 Å². The molecule has 0 radical (unpaired) electrons. The Bertz CT molecular complexity index is 728. The Morgan fingerprint density at radius 2 is 2.09 bits per heavy atom. The van der Waals surface area contributed by atoms with Crippen LogP contribution < -0.4 is 24.5 Å². The normalized spacial score (nSPS) is 15.8. The van der Waals surface area contributed by atoms with Gasteiger partial charge in [-0.1, -0.05) is 0 Å². The molecule has 1 unspecified atom stereocenters. The molecule has 0 spiro atoms. The highest BCUT2D eigenvalue weighted by Crippen LogP contribution is 2.31. The maximum absolute atomic E-state index is 11.2. The standard InChI is InChI=1S/C15H16N2O5/c1-19-12-4-3-10(7-13(12)20-2)21-9-11-8-17-6-5-14(18)16-15(17)22-11/h3-7,11H,8-9H2,1-2H3. The molecule has 0 bridgehead atoms. The molecule has 1 atom stereocenters. The van der Waals surface area contributed by atoms with Crippen LogP contribution in [-0.4, -0.2) is 36.5 Å². The van der Waals surface area contributed by atoms with Crippen LogP contribution in [0.1, 0.15) is 0 Å². The molecule has 1 aromatic heterocycles. The van der Waals surface area contributed by atoms with Gasteiger partial charge in [-0.05, 0) is 12.1 Å². The maximum Gasteiger partial charge on any atom is 0.300 e. The smallest absolute Gasteiger partial charge is 0.300 e. The van der Waals surface area contributed by atoms with Gasteiger partial charge in [0, 0.05) is 18.3 Å². The summed E-state index contributed by atoms with van der Waals surface area (Å²) in [6.45, 7) is 0.933. The first-order valence-corrected chi connectivity index (χ1v) is 6.78. The second kappa shape index (κ2) is 5.97. The van der Waals surface area contributed by atoms with Gasteiger partial charge in [-0.15, -0.1) is 0 Å². The predicted octanol–water partition coefficient (Wildman–Crippen LogP) is 1.10. The van der Waals surface area contributed by atoms with Gasteiger partial charge in [0.2, 0.25) is 0 Å². The first kappa shape index (κ1) is 14.2. The van der Waals surface area contributed by atoms with Gasteiger partial charge in [-0.3, -0.25) is 9.36 Å². The number of benzene rings is 1. The van der Waals surface area contributed by atoms with E-state index in [4.69, 9.17) is 18.9 Å². The van der Waals surface area contributed by atoms with Crippen molar-refractivity contribution in [3.05, 3.63) is 40.8 Å². The summed E-state index contributed by atoms with van der Waals surface area (Å²) in [5.41, 5.74) is -0.312. The molecule has 2 aromatic rings. The van der Waals surface area contributed by atoms with Crippen molar-refractivity contribution >= 4 is 0 Å². The van der Waals surface area contributed by atoms with Crippen molar-refractivity contribution in [3.8, 4) is 23.3 Å². The molecule has 1 aliphatic rings. The van der Waals surface area contributed by atoms with E-state index in [1.165, 1.54) is 6.07 Å². The monoisotopic (exact) mass is 304 g/mol. The molecule has 1 aromatic carbocycles. The second-order valence-electron chi connectivity index (χ2n) is 4.77. The third-order valence-corrected chi connectivity index (χ3v) is 3.31. The van der Waals surface area contributed by atoms with E-state index in [0.29, 0.717) is 36.4 Å². The lowest BCUT2D eigenvalue weighted by Crippen LogP contribution is -2.23. The average Bonchev–Trinajstić information content (AvgIpc) is 2.94. The fourth-order valence-electron chi connectivity index (χ4n) is 2.23. The Labute approximate surface area is 127 Å². The van der Waals surface area contributed by atoms with Gasteiger partial charge in [0.1, 0.15) is 12.4 Å². The van der Waals surface area contributed by atoms with Crippen molar-refractivity contribution in [1.82, 2.24) is 9.55 Å². The minimum Gasteiger partial charge on any atom is -0.493 e. The van der Waals surface area contributed by atoms with Gasteiger partial charge in [-0.25, -0.2) is 0 Å². The highest BCUT2D eigenvalue weighted by atomic mass is 16.6. The lowest BCUT2D eigenvalue weighted by molar-refractivity contribution is 0.143. The molecule has 22 heavy (non-hydrogen) atoms. The van der Waals surface area contributed by atoms with Crippen LogP contribution in [0.25, 0.3) is 0 Å². The molecule has 7 nitrogen and oxygen atoms in total. The minimum atomic E-state index is -0.312. The number of fused-ring (bicyclic) bond motifs is 1.